The second-order valence-electron chi connectivity index (χ2n) is 6.52. The van der Waals surface area contributed by atoms with Crippen LogP contribution in [-0.4, -0.2) is 29.5 Å². The van der Waals surface area contributed by atoms with Gasteiger partial charge in [-0.3, -0.25) is 9.59 Å². The van der Waals surface area contributed by atoms with E-state index in [1.807, 2.05) is 26.8 Å². The molecule has 0 saturated heterocycles. The molecule has 3 rings (SSSR count). The molecule has 0 N–H and O–H groups in total. The van der Waals surface area contributed by atoms with Crippen molar-refractivity contribution < 1.29 is 19.1 Å². The number of Topliss-reactive ketones (excluding diaryl/α,β-unsaturated/α-hetero) is 1. The highest BCUT2D eigenvalue weighted by Gasteiger charge is 2.28. The van der Waals surface area contributed by atoms with Crippen LogP contribution in [-0.2, 0) is 22.5 Å². The van der Waals surface area contributed by atoms with E-state index in [4.69, 9.17) is 21.1 Å². The van der Waals surface area contributed by atoms with E-state index < -0.39 is 11.9 Å². The maximum Gasteiger partial charge on any atom is 0.313 e. The maximum atomic E-state index is 12.4. The third kappa shape index (κ3) is 3.63. The molecule has 2 heterocycles. The smallest absolute Gasteiger partial charge is 0.313 e. The molecule has 0 radical (unpaired) electrons. The molecular weight excluding hydrogens is 354 g/mol. The third-order valence-electron chi connectivity index (χ3n) is 4.80. The number of rotatable bonds is 5. The van der Waals surface area contributed by atoms with E-state index in [0.29, 0.717) is 17.0 Å². The number of halogens is 1. The number of carbonyl (C=O) groups is 2. The van der Waals surface area contributed by atoms with E-state index in [1.165, 1.54) is 0 Å². The van der Waals surface area contributed by atoms with Gasteiger partial charge in [0.25, 0.3) is 0 Å². The van der Waals surface area contributed by atoms with Crippen molar-refractivity contribution >= 4 is 23.4 Å². The van der Waals surface area contributed by atoms with E-state index >= 15 is 0 Å². The molecule has 1 aliphatic rings. The standard InChI is InChI=1S/C20H22ClNO4/c1-4-22-12(2)7-17(13(22)3)18(23)11-26-20(24)15-8-14-9-16(21)5-6-19(14)25-10-15/h5-7,9,15H,4,8,10-11H2,1-3H3/t15-/m1/s1. The molecule has 0 fully saturated rings. The molecule has 0 spiro atoms. The van der Waals surface area contributed by atoms with Crippen LogP contribution in [0.2, 0.25) is 5.02 Å². The molecule has 2 aromatic rings. The Kier molecular flexibility index (Phi) is 5.37. The SMILES string of the molecule is CCn1c(C)cc(C(=O)COC(=O)[C@H]2COc3ccc(Cl)cc3C2)c1C. The molecular formula is C20H22ClNO4. The minimum Gasteiger partial charge on any atom is -0.492 e. The first-order chi connectivity index (χ1) is 12.4. The Morgan fingerprint density at radius 3 is 2.77 bits per heavy atom. The summed E-state index contributed by atoms with van der Waals surface area (Å²) in [5.41, 5.74) is 3.40. The number of ketones is 1. The number of carbonyl (C=O) groups excluding carboxylic acids is 2. The Morgan fingerprint density at radius 1 is 1.31 bits per heavy atom. The molecule has 1 aromatic carbocycles. The zero-order chi connectivity index (χ0) is 18.8. The largest absolute Gasteiger partial charge is 0.492 e. The maximum absolute atomic E-state index is 12.4. The second kappa shape index (κ2) is 7.54. The van der Waals surface area contributed by atoms with Crippen molar-refractivity contribution in [1.29, 1.82) is 0 Å². The Morgan fingerprint density at radius 2 is 2.08 bits per heavy atom. The number of esters is 1. The molecule has 6 heteroatoms. The first-order valence-corrected chi connectivity index (χ1v) is 9.06. The summed E-state index contributed by atoms with van der Waals surface area (Å²) in [5.74, 6) is -0.307. The third-order valence-corrected chi connectivity index (χ3v) is 5.03. The summed E-state index contributed by atoms with van der Waals surface area (Å²) in [6, 6.07) is 7.19. The lowest BCUT2D eigenvalue weighted by atomic mass is 9.97. The van der Waals surface area contributed by atoms with E-state index in [-0.39, 0.29) is 19.0 Å². The van der Waals surface area contributed by atoms with Crippen LogP contribution in [0.15, 0.2) is 24.3 Å². The van der Waals surface area contributed by atoms with Crippen molar-refractivity contribution in [2.45, 2.75) is 33.7 Å². The molecule has 138 valence electrons. The van der Waals surface area contributed by atoms with Crippen molar-refractivity contribution in [1.82, 2.24) is 4.57 Å². The van der Waals surface area contributed by atoms with Crippen molar-refractivity contribution in [3.8, 4) is 5.75 Å². The highest BCUT2D eigenvalue weighted by molar-refractivity contribution is 6.30. The lowest BCUT2D eigenvalue weighted by molar-refractivity contribution is -0.148. The van der Waals surface area contributed by atoms with Crippen molar-refractivity contribution in [3.05, 3.63) is 51.8 Å². The minimum atomic E-state index is -0.433. The first kappa shape index (κ1) is 18.5. The summed E-state index contributed by atoms with van der Waals surface area (Å²) >= 11 is 6.00. The van der Waals surface area contributed by atoms with E-state index in [2.05, 4.69) is 4.57 Å². The Bertz CT molecular complexity index is 856. The number of aryl methyl sites for hydroxylation is 1. The quantitative estimate of drug-likeness (QED) is 0.589. The zero-order valence-electron chi connectivity index (χ0n) is 15.2. The fraction of sp³-hybridized carbons (Fsp3) is 0.400. The molecule has 0 unspecified atom stereocenters. The summed E-state index contributed by atoms with van der Waals surface area (Å²) in [6.07, 6.45) is 0.493. The van der Waals surface area contributed by atoms with Crippen LogP contribution >= 0.6 is 11.6 Å². The van der Waals surface area contributed by atoms with Crippen LogP contribution in [0.25, 0.3) is 0 Å². The zero-order valence-corrected chi connectivity index (χ0v) is 15.9. The van der Waals surface area contributed by atoms with Crippen LogP contribution < -0.4 is 4.74 Å². The number of nitrogens with zero attached hydrogens (tertiary/aromatic N) is 1. The Hall–Kier alpha value is -2.27. The van der Waals surface area contributed by atoms with Crippen LogP contribution in [0, 0.1) is 19.8 Å². The number of hydrogen-bond donors (Lipinski definition) is 0. The summed E-state index contributed by atoms with van der Waals surface area (Å²) < 4.78 is 12.9. The van der Waals surface area contributed by atoms with E-state index in [1.54, 1.807) is 18.2 Å². The van der Waals surface area contributed by atoms with Gasteiger partial charge in [0.1, 0.15) is 12.4 Å². The van der Waals surface area contributed by atoms with Crippen LogP contribution in [0.4, 0.5) is 0 Å². The predicted molar refractivity (Wildman–Crippen MR) is 99.0 cm³/mol. The number of benzene rings is 1. The molecule has 1 aromatic heterocycles. The number of hydrogen-bond acceptors (Lipinski definition) is 4. The van der Waals surface area contributed by atoms with Gasteiger partial charge in [0.15, 0.2) is 6.61 Å². The van der Waals surface area contributed by atoms with Crippen LogP contribution in [0.5, 0.6) is 5.75 Å². The molecule has 1 aliphatic heterocycles. The highest BCUT2D eigenvalue weighted by Crippen LogP contribution is 2.30. The van der Waals surface area contributed by atoms with Gasteiger partial charge in [0, 0.05) is 28.5 Å². The van der Waals surface area contributed by atoms with Crippen molar-refractivity contribution in [2.75, 3.05) is 13.2 Å². The molecule has 0 amide bonds. The van der Waals surface area contributed by atoms with Crippen molar-refractivity contribution in [3.63, 3.8) is 0 Å². The fourth-order valence-corrected chi connectivity index (χ4v) is 3.61. The number of aromatic nitrogens is 1. The van der Waals surface area contributed by atoms with Gasteiger partial charge in [-0.2, -0.15) is 0 Å². The lowest BCUT2D eigenvalue weighted by Gasteiger charge is -2.24. The first-order valence-electron chi connectivity index (χ1n) is 8.68. The lowest BCUT2D eigenvalue weighted by Crippen LogP contribution is -2.31. The summed E-state index contributed by atoms with van der Waals surface area (Å²) in [6.45, 7) is 6.67. The summed E-state index contributed by atoms with van der Waals surface area (Å²) in [5, 5.41) is 0.600. The average Bonchev–Trinajstić information content (AvgIpc) is 2.92. The number of fused-ring (bicyclic) bond motifs is 1. The molecule has 5 nitrogen and oxygen atoms in total. The van der Waals surface area contributed by atoms with Gasteiger partial charge < -0.3 is 14.0 Å². The van der Waals surface area contributed by atoms with Gasteiger partial charge in [-0.15, -0.1) is 0 Å². The van der Waals surface area contributed by atoms with Gasteiger partial charge in [-0.05, 0) is 57.0 Å². The summed E-state index contributed by atoms with van der Waals surface area (Å²) in [4.78, 5) is 24.8. The Labute approximate surface area is 157 Å². The van der Waals surface area contributed by atoms with E-state index in [0.717, 1.165) is 29.2 Å². The topological polar surface area (TPSA) is 57.5 Å². The number of ether oxygens (including phenoxy) is 2. The molecule has 0 aliphatic carbocycles. The van der Waals surface area contributed by atoms with Crippen LogP contribution in [0.1, 0.15) is 34.2 Å². The predicted octanol–water partition coefficient (Wildman–Crippen LogP) is 3.76. The normalized spacial score (nSPS) is 15.9. The fourth-order valence-electron chi connectivity index (χ4n) is 3.42. The van der Waals surface area contributed by atoms with E-state index in [9.17, 15) is 9.59 Å². The highest BCUT2D eigenvalue weighted by atomic mass is 35.5. The van der Waals surface area contributed by atoms with Gasteiger partial charge in [-0.25, -0.2) is 0 Å². The Balaban J connectivity index is 1.62. The average molecular weight is 376 g/mol. The molecule has 0 bridgehead atoms. The minimum absolute atomic E-state index is 0.189. The van der Waals surface area contributed by atoms with Gasteiger partial charge in [-0.1, -0.05) is 11.6 Å². The van der Waals surface area contributed by atoms with Crippen LogP contribution in [0.3, 0.4) is 0 Å². The van der Waals surface area contributed by atoms with Gasteiger partial charge >= 0.3 is 5.97 Å². The van der Waals surface area contributed by atoms with Gasteiger partial charge in [0.2, 0.25) is 5.78 Å². The molecule has 1 atom stereocenters. The van der Waals surface area contributed by atoms with Gasteiger partial charge in [0.05, 0.1) is 5.92 Å². The molecule has 26 heavy (non-hydrogen) atoms. The summed E-state index contributed by atoms with van der Waals surface area (Å²) in [7, 11) is 0. The second-order valence-corrected chi connectivity index (χ2v) is 6.96. The monoisotopic (exact) mass is 375 g/mol. The molecule has 0 saturated carbocycles. The van der Waals surface area contributed by atoms with Crippen molar-refractivity contribution in [2.24, 2.45) is 5.92 Å².